The molecule has 2 aromatic carbocycles. The van der Waals surface area contributed by atoms with Crippen molar-refractivity contribution in [3.05, 3.63) is 45.4 Å². The Bertz CT molecular complexity index is 782. The number of halogens is 3. The molecule has 0 spiro atoms. The third-order valence-electron chi connectivity index (χ3n) is 3.16. The van der Waals surface area contributed by atoms with Gasteiger partial charge in [0.25, 0.3) is 5.91 Å². The van der Waals surface area contributed by atoms with Gasteiger partial charge in [0.15, 0.2) is 18.1 Å². The molecule has 8 heteroatoms. The third kappa shape index (κ3) is 3.98. The first kappa shape index (κ1) is 17.0. The van der Waals surface area contributed by atoms with Gasteiger partial charge in [-0.15, -0.1) is 0 Å². The van der Waals surface area contributed by atoms with Gasteiger partial charge in [-0.3, -0.25) is 4.79 Å². The Morgan fingerprint density at radius 2 is 1.75 bits per heavy atom. The number of fused-ring (bicyclic) bond motifs is 1. The highest BCUT2D eigenvalue weighted by Crippen LogP contribution is 2.38. The standard InChI is InChI=1S/C16H12Cl3NO4/c17-9-1-2-10(18)13(5-9)24-8-16(21)20-12-7-15-14(6-11(12)19)22-3-4-23-15/h1-2,5-7H,3-4,8H2,(H,20,21). The van der Waals surface area contributed by atoms with Gasteiger partial charge >= 0.3 is 0 Å². The lowest BCUT2D eigenvalue weighted by Gasteiger charge is -2.20. The lowest BCUT2D eigenvalue weighted by molar-refractivity contribution is -0.118. The van der Waals surface area contributed by atoms with Gasteiger partial charge in [0.1, 0.15) is 19.0 Å². The quantitative estimate of drug-likeness (QED) is 0.841. The predicted molar refractivity (Wildman–Crippen MR) is 93.0 cm³/mol. The molecule has 1 aliphatic rings. The van der Waals surface area contributed by atoms with Crippen LogP contribution < -0.4 is 19.5 Å². The van der Waals surface area contributed by atoms with Crippen LogP contribution in [0.5, 0.6) is 17.2 Å². The van der Waals surface area contributed by atoms with E-state index >= 15 is 0 Å². The Labute approximate surface area is 153 Å². The average Bonchev–Trinajstić information content (AvgIpc) is 2.56. The van der Waals surface area contributed by atoms with E-state index in [9.17, 15) is 4.79 Å². The van der Waals surface area contributed by atoms with Crippen molar-refractivity contribution in [2.75, 3.05) is 25.1 Å². The molecule has 0 aromatic heterocycles. The van der Waals surface area contributed by atoms with Crippen molar-refractivity contribution in [2.45, 2.75) is 0 Å². The smallest absolute Gasteiger partial charge is 0.262 e. The summed E-state index contributed by atoms with van der Waals surface area (Å²) < 4.78 is 16.3. The zero-order chi connectivity index (χ0) is 17.1. The fraction of sp³-hybridized carbons (Fsp3) is 0.188. The fourth-order valence-corrected chi connectivity index (χ4v) is 2.61. The van der Waals surface area contributed by atoms with E-state index in [4.69, 9.17) is 49.0 Å². The van der Waals surface area contributed by atoms with Crippen LogP contribution in [0.2, 0.25) is 15.1 Å². The molecular weight excluding hydrogens is 377 g/mol. The summed E-state index contributed by atoms with van der Waals surface area (Å²) in [6.45, 7) is 0.659. The number of rotatable bonds is 4. The van der Waals surface area contributed by atoms with Gasteiger partial charge in [-0.25, -0.2) is 0 Å². The molecule has 1 heterocycles. The first-order valence-electron chi connectivity index (χ1n) is 7.00. The Hall–Kier alpha value is -1.82. The molecule has 0 radical (unpaired) electrons. The van der Waals surface area contributed by atoms with E-state index in [0.717, 1.165) is 0 Å². The maximum atomic E-state index is 12.1. The van der Waals surface area contributed by atoms with Gasteiger partial charge in [0.05, 0.1) is 15.7 Å². The number of amides is 1. The number of hydrogen-bond donors (Lipinski definition) is 1. The normalized spacial score (nSPS) is 12.6. The minimum Gasteiger partial charge on any atom is -0.486 e. The second-order valence-corrected chi connectivity index (χ2v) is 6.14. The summed E-state index contributed by atoms with van der Waals surface area (Å²) in [6, 6.07) is 7.97. The summed E-state index contributed by atoms with van der Waals surface area (Å²) >= 11 is 18.0. The largest absolute Gasteiger partial charge is 0.486 e. The SMILES string of the molecule is O=C(COc1cc(Cl)ccc1Cl)Nc1cc2c(cc1Cl)OCCO2. The third-order valence-corrected chi connectivity index (χ3v) is 4.02. The lowest BCUT2D eigenvalue weighted by Crippen LogP contribution is -2.21. The van der Waals surface area contributed by atoms with E-state index in [1.165, 1.54) is 6.07 Å². The van der Waals surface area contributed by atoms with Gasteiger partial charge in [-0.1, -0.05) is 34.8 Å². The topological polar surface area (TPSA) is 56.8 Å². The van der Waals surface area contributed by atoms with E-state index in [2.05, 4.69) is 5.32 Å². The van der Waals surface area contributed by atoms with Crippen molar-refractivity contribution in [1.82, 2.24) is 0 Å². The van der Waals surface area contributed by atoms with Gasteiger partial charge in [-0.2, -0.15) is 0 Å². The van der Waals surface area contributed by atoms with Crippen LogP contribution in [0.4, 0.5) is 5.69 Å². The van der Waals surface area contributed by atoms with Gasteiger partial charge in [-0.05, 0) is 12.1 Å². The average molecular weight is 389 g/mol. The van der Waals surface area contributed by atoms with Gasteiger partial charge in [0.2, 0.25) is 0 Å². The van der Waals surface area contributed by atoms with Crippen molar-refractivity contribution >= 4 is 46.4 Å². The molecule has 2 aromatic rings. The molecule has 0 unspecified atom stereocenters. The summed E-state index contributed by atoms with van der Waals surface area (Å²) in [5, 5.41) is 3.83. The summed E-state index contributed by atoms with van der Waals surface area (Å²) in [5.74, 6) is 1.00. The molecule has 0 saturated heterocycles. The Morgan fingerprint density at radius 3 is 2.50 bits per heavy atom. The molecule has 24 heavy (non-hydrogen) atoms. The van der Waals surface area contributed by atoms with E-state index in [1.54, 1.807) is 24.3 Å². The number of ether oxygens (including phenoxy) is 3. The van der Waals surface area contributed by atoms with E-state index in [0.29, 0.717) is 51.2 Å². The highest BCUT2D eigenvalue weighted by molar-refractivity contribution is 6.34. The molecule has 0 atom stereocenters. The zero-order valence-electron chi connectivity index (χ0n) is 12.3. The molecule has 0 fully saturated rings. The van der Waals surface area contributed by atoms with Crippen LogP contribution in [0.15, 0.2) is 30.3 Å². The molecule has 0 saturated carbocycles. The zero-order valence-corrected chi connectivity index (χ0v) is 14.5. The first-order chi connectivity index (χ1) is 11.5. The summed E-state index contributed by atoms with van der Waals surface area (Å²) in [5.41, 5.74) is 0.409. The molecular formula is C16H12Cl3NO4. The molecule has 1 aliphatic heterocycles. The monoisotopic (exact) mass is 387 g/mol. The maximum absolute atomic E-state index is 12.1. The number of carbonyl (C=O) groups excluding carboxylic acids is 1. The van der Waals surface area contributed by atoms with Crippen LogP contribution in [0.3, 0.4) is 0 Å². The van der Waals surface area contributed by atoms with Crippen LogP contribution in [0.25, 0.3) is 0 Å². The van der Waals surface area contributed by atoms with Crippen LogP contribution in [-0.2, 0) is 4.79 Å². The van der Waals surface area contributed by atoms with Gasteiger partial charge < -0.3 is 19.5 Å². The summed E-state index contributed by atoms with van der Waals surface area (Å²) in [6.07, 6.45) is 0. The molecule has 1 amide bonds. The summed E-state index contributed by atoms with van der Waals surface area (Å²) in [7, 11) is 0. The summed E-state index contributed by atoms with van der Waals surface area (Å²) in [4.78, 5) is 12.1. The first-order valence-corrected chi connectivity index (χ1v) is 8.13. The molecule has 3 rings (SSSR count). The number of carbonyl (C=O) groups is 1. The Kier molecular flexibility index (Phi) is 5.23. The highest BCUT2D eigenvalue weighted by atomic mass is 35.5. The van der Waals surface area contributed by atoms with Crippen LogP contribution in [0.1, 0.15) is 0 Å². The lowest BCUT2D eigenvalue weighted by atomic mass is 10.2. The molecule has 126 valence electrons. The van der Waals surface area contributed by atoms with Crippen LogP contribution in [-0.4, -0.2) is 25.7 Å². The van der Waals surface area contributed by atoms with E-state index < -0.39 is 5.91 Å². The molecule has 0 aliphatic carbocycles. The van der Waals surface area contributed by atoms with Crippen molar-refractivity contribution < 1.29 is 19.0 Å². The Morgan fingerprint density at radius 1 is 1.04 bits per heavy atom. The van der Waals surface area contributed by atoms with E-state index in [-0.39, 0.29) is 6.61 Å². The number of anilines is 1. The van der Waals surface area contributed by atoms with Crippen LogP contribution in [0, 0.1) is 0 Å². The van der Waals surface area contributed by atoms with Crippen molar-refractivity contribution in [3.8, 4) is 17.2 Å². The molecule has 1 N–H and O–H groups in total. The minimum atomic E-state index is -0.399. The van der Waals surface area contributed by atoms with Crippen molar-refractivity contribution in [1.29, 1.82) is 0 Å². The highest BCUT2D eigenvalue weighted by Gasteiger charge is 2.16. The predicted octanol–water partition coefficient (Wildman–Crippen LogP) is 4.44. The minimum absolute atomic E-state index is 0.245. The van der Waals surface area contributed by atoms with Crippen molar-refractivity contribution in [3.63, 3.8) is 0 Å². The second kappa shape index (κ2) is 7.38. The van der Waals surface area contributed by atoms with Crippen LogP contribution >= 0.6 is 34.8 Å². The van der Waals surface area contributed by atoms with Crippen molar-refractivity contribution in [2.24, 2.45) is 0 Å². The number of hydrogen-bond acceptors (Lipinski definition) is 4. The fourth-order valence-electron chi connectivity index (χ4n) is 2.08. The second-order valence-electron chi connectivity index (χ2n) is 4.89. The van der Waals surface area contributed by atoms with Gasteiger partial charge in [0, 0.05) is 23.2 Å². The molecule has 0 bridgehead atoms. The van der Waals surface area contributed by atoms with E-state index in [1.807, 2.05) is 0 Å². The maximum Gasteiger partial charge on any atom is 0.262 e. The number of benzene rings is 2. The number of nitrogens with one attached hydrogen (secondary N) is 1. The molecule has 5 nitrogen and oxygen atoms in total. The Balaban J connectivity index is 1.65.